The van der Waals surface area contributed by atoms with Crippen molar-refractivity contribution in [2.24, 2.45) is 0 Å². The van der Waals surface area contributed by atoms with E-state index in [0.717, 1.165) is 25.7 Å². The van der Waals surface area contributed by atoms with Crippen molar-refractivity contribution >= 4 is 6.03 Å². The fraction of sp³-hybridized carbons (Fsp3) is 0.750. The number of terminal acetylenes is 1. The lowest BCUT2D eigenvalue weighted by atomic mass is 9.96. The maximum Gasteiger partial charge on any atom is 0.315 e. The summed E-state index contributed by atoms with van der Waals surface area (Å²) in [6.45, 7) is 0.669. The van der Waals surface area contributed by atoms with E-state index in [9.17, 15) is 4.79 Å². The summed E-state index contributed by atoms with van der Waals surface area (Å²) in [5.41, 5.74) is 0. The van der Waals surface area contributed by atoms with E-state index in [4.69, 9.17) is 6.42 Å². The van der Waals surface area contributed by atoms with Crippen molar-refractivity contribution in [3.8, 4) is 12.3 Å². The van der Waals surface area contributed by atoms with Crippen molar-refractivity contribution in [3.63, 3.8) is 0 Å². The van der Waals surface area contributed by atoms with E-state index in [0.29, 0.717) is 12.6 Å². The van der Waals surface area contributed by atoms with Gasteiger partial charge in [0.15, 0.2) is 0 Å². The van der Waals surface area contributed by atoms with Crippen LogP contribution in [0.1, 0.15) is 44.9 Å². The Bertz CT molecular complexity index is 226. The fourth-order valence-electron chi connectivity index (χ4n) is 1.88. The van der Waals surface area contributed by atoms with Gasteiger partial charge in [-0.05, 0) is 19.3 Å². The molecule has 1 rings (SSSR count). The number of hydrogen-bond donors (Lipinski definition) is 2. The molecule has 1 fully saturated rings. The first-order valence-electron chi connectivity index (χ1n) is 5.81. The Morgan fingerprint density at radius 1 is 1.33 bits per heavy atom. The molecule has 2 N–H and O–H groups in total. The molecule has 3 heteroatoms. The van der Waals surface area contributed by atoms with Gasteiger partial charge in [0.05, 0.1) is 0 Å². The summed E-state index contributed by atoms with van der Waals surface area (Å²) in [6, 6.07) is 0.338. The van der Waals surface area contributed by atoms with Gasteiger partial charge in [-0.25, -0.2) is 4.79 Å². The molecule has 0 radical (unpaired) electrons. The SMILES string of the molecule is C#CCCCNC(=O)NC1CCCCC1. The van der Waals surface area contributed by atoms with Crippen molar-refractivity contribution in [1.29, 1.82) is 0 Å². The van der Waals surface area contributed by atoms with Crippen molar-refractivity contribution in [1.82, 2.24) is 10.6 Å². The second-order valence-electron chi connectivity index (χ2n) is 4.04. The van der Waals surface area contributed by atoms with Gasteiger partial charge in [0, 0.05) is 19.0 Å². The van der Waals surface area contributed by atoms with Crippen LogP contribution in [-0.4, -0.2) is 18.6 Å². The highest BCUT2D eigenvalue weighted by Crippen LogP contribution is 2.16. The first-order valence-corrected chi connectivity index (χ1v) is 5.81. The van der Waals surface area contributed by atoms with Crippen LogP contribution in [-0.2, 0) is 0 Å². The van der Waals surface area contributed by atoms with Gasteiger partial charge in [-0.3, -0.25) is 0 Å². The van der Waals surface area contributed by atoms with Gasteiger partial charge in [0.25, 0.3) is 0 Å². The Morgan fingerprint density at radius 2 is 2.07 bits per heavy atom. The number of rotatable bonds is 4. The molecule has 0 aromatic rings. The smallest absolute Gasteiger partial charge is 0.315 e. The Morgan fingerprint density at radius 3 is 2.73 bits per heavy atom. The van der Waals surface area contributed by atoms with E-state index in [2.05, 4.69) is 16.6 Å². The number of nitrogens with one attached hydrogen (secondary N) is 2. The molecular weight excluding hydrogens is 188 g/mol. The molecule has 2 amide bonds. The Kier molecular flexibility index (Phi) is 5.69. The quantitative estimate of drug-likeness (QED) is 0.538. The maximum atomic E-state index is 11.4. The largest absolute Gasteiger partial charge is 0.338 e. The zero-order chi connectivity index (χ0) is 10.9. The standard InChI is InChI=1S/C12H20N2O/c1-2-3-7-10-13-12(15)14-11-8-5-4-6-9-11/h1,11H,3-10H2,(H2,13,14,15). The Balaban J connectivity index is 2.04. The molecule has 0 bridgehead atoms. The van der Waals surface area contributed by atoms with E-state index in [1.165, 1.54) is 19.3 Å². The molecule has 0 unspecified atom stereocenters. The molecule has 0 heterocycles. The molecule has 1 aliphatic rings. The third-order valence-electron chi connectivity index (χ3n) is 2.72. The summed E-state index contributed by atoms with van der Waals surface area (Å²) < 4.78 is 0. The van der Waals surface area contributed by atoms with Crippen LogP contribution in [0.15, 0.2) is 0 Å². The van der Waals surface area contributed by atoms with Gasteiger partial charge in [0.2, 0.25) is 0 Å². The van der Waals surface area contributed by atoms with Crippen LogP contribution < -0.4 is 10.6 Å². The molecule has 0 aromatic heterocycles. The monoisotopic (exact) mass is 208 g/mol. The molecule has 3 nitrogen and oxygen atoms in total. The Hall–Kier alpha value is -1.17. The number of urea groups is 1. The fourth-order valence-corrected chi connectivity index (χ4v) is 1.88. The van der Waals surface area contributed by atoms with Crippen LogP contribution in [0.4, 0.5) is 4.79 Å². The van der Waals surface area contributed by atoms with Crippen molar-refractivity contribution in [3.05, 3.63) is 0 Å². The second kappa shape index (κ2) is 7.17. The second-order valence-corrected chi connectivity index (χ2v) is 4.04. The maximum absolute atomic E-state index is 11.4. The van der Waals surface area contributed by atoms with Gasteiger partial charge in [0.1, 0.15) is 0 Å². The van der Waals surface area contributed by atoms with Gasteiger partial charge < -0.3 is 10.6 Å². The van der Waals surface area contributed by atoms with Crippen molar-refractivity contribution in [2.45, 2.75) is 51.0 Å². The van der Waals surface area contributed by atoms with E-state index in [1.807, 2.05) is 0 Å². The van der Waals surface area contributed by atoms with E-state index < -0.39 is 0 Å². The van der Waals surface area contributed by atoms with Crippen LogP contribution in [0.25, 0.3) is 0 Å². The highest BCUT2D eigenvalue weighted by molar-refractivity contribution is 5.74. The number of carbonyl (C=O) groups is 1. The lowest BCUT2D eigenvalue weighted by Crippen LogP contribution is -2.43. The zero-order valence-electron chi connectivity index (χ0n) is 9.22. The van der Waals surface area contributed by atoms with E-state index in [1.54, 1.807) is 0 Å². The molecule has 0 atom stereocenters. The third-order valence-corrected chi connectivity index (χ3v) is 2.72. The highest BCUT2D eigenvalue weighted by atomic mass is 16.2. The minimum Gasteiger partial charge on any atom is -0.338 e. The number of unbranched alkanes of at least 4 members (excludes halogenated alkanes) is 1. The van der Waals surface area contributed by atoms with Crippen LogP contribution in [0.5, 0.6) is 0 Å². The number of carbonyl (C=O) groups excluding carboxylic acids is 1. The minimum atomic E-state index is -0.0427. The normalized spacial score (nSPS) is 16.7. The van der Waals surface area contributed by atoms with Gasteiger partial charge >= 0.3 is 6.03 Å². The summed E-state index contributed by atoms with van der Waals surface area (Å²) in [4.78, 5) is 11.4. The summed E-state index contributed by atoms with van der Waals surface area (Å²) in [5.74, 6) is 2.55. The summed E-state index contributed by atoms with van der Waals surface area (Å²) in [5, 5.41) is 5.81. The van der Waals surface area contributed by atoms with E-state index in [-0.39, 0.29) is 6.03 Å². The molecule has 0 spiro atoms. The molecule has 0 aromatic carbocycles. The van der Waals surface area contributed by atoms with Gasteiger partial charge in [-0.15, -0.1) is 12.3 Å². The summed E-state index contributed by atoms with van der Waals surface area (Å²) in [6.07, 6.45) is 12.7. The molecule has 0 saturated heterocycles. The molecule has 84 valence electrons. The predicted octanol–water partition coefficient (Wildman–Crippen LogP) is 2.03. The van der Waals surface area contributed by atoms with Crippen LogP contribution in [0, 0.1) is 12.3 Å². The third kappa shape index (κ3) is 5.31. The highest BCUT2D eigenvalue weighted by Gasteiger charge is 2.14. The molecule has 0 aliphatic heterocycles. The van der Waals surface area contributed by atoms with Crippen LogP contribution >= 0.6 is 0 Å². The molecule has 1 saturated carbocycles. The number of hydrogen-bond acceptors (Lipinski definition) is 1. The van der Waals surface area contributed by atoms with Crippen molar-refractivity contribution < 1.29 is 4.79 Å². The number of amides is 2. The lowest BCUT2D eigenvalue weighted by molar-refractivity contribution is 0.232. The first-order chi connectivity index (χ1) is 7.33. The van der Waals surface area contributed by atoms with Gasteiger partial charge in [-0.2, -0.15) is 0 Å². The molecular formula is C12H20N2O. The summed E-state index contributed by atoms with van der Waals surface area (Å²) in [7, 11) is 0. The Labute approximate surface area is 92.0 Å². The van der Waals surface area contributed by atoms with Crippen LogP contribution in [0.3, 0.4) is 0 Å². The minimum absolute atomic E-state index is 0.0427. The van der Waals surface area contributed by atoms with Crippen LogP contribution in [0.2, 0.25) is 0 Å². The first kappa shape index (κ1) is 11.9. The predicted molar refractivity (Wildman–Crippen MR) is 61.5 cm³/mol. The lowest BCUT2D eigenvalue weighted by Gasteiger charge is -2.22. The molecule has 1 aliphatic carbocycles. The average molecular weight is 208 g/mol. The molecule has 15 heavy (non-hydrogen) atoms. The van der Waals surface area contributed by atoms with Crippen molar-refractivity contribution in [2.75, 3.05) is 6.54 Å². The zero-order valence-corrected chi connectivity index (χ0v) is 9.22. The topological polar surface area (TPSA) is 41.1 Å². The average Bonchev–Trinajstić information content (AvgIpc) is 2.26. The van der Waals surface area contributed by atoms with Gasteiger partial charge in [-0.1, -0.05) is 19.3 Å². The van der Waals surface area contributed by atoms with E-state index >= 15 is 0 Å². The summed E-state index contributed by atoms with van der Waals surface area (Å²) >= 11 is 0.